The molecule has 0 aliphatic heterocycles. The van der Waals surface area contributed by atoms with Crippen molar-refractivity contribution >= 4 is 5.78 Å². The van der Waals surface area contributed by atoms with Crippen LogP contribution < -0.4 is 0 Å². The fourth-order valence-electron chi connectivity index (χ4n) is 2.00. The molecule has 64 valence electrons. The van der Waals surface area contributed by atoms with E-state index in [2.05, 4.69) is 6.08 Å². The lowest BCUT2D eigenvalue weighted by Crippen LogP contribution is -2.35. The van der Waals surface area contributed by atoms with E-state index in [1.54, 1.807) is 6.08 Å². The number of carbonyl (C=O) groups excluding carboxylic acids is 1. The minimum atomic E-state index is -0.419. The summed E-state index contributed by atoms with van der Waals surface area (Å²) in [5.74, 6) is 0.345. The van der Waals surface area contributed by atoms with Gasteiger partial charge in [0.25, 0.3) is 0 Å². The second kappa shape index (κ2) is 2.87. The van der Waals surface area contributed by atoms with Crippen molar-refractivity contribution in [1.82, 2.24) is 0 Å². The highest BCUT2D eigenvalue weighted by Gasteiger charge is 2.34. The first-order chi connectivity index (χ1) is 5.79. The number of allylic oxidation sites excluding steroid dienone is 3. The van der Waals surface area contributed by atoms with Crippen LogP contribution in [-0.2, 0) is 4.79 Å². The van der Waals surface area contributed by atoms with Crippen molar-refractivity contribution in [2.24, 2.45) is 11.8 Å². The van der Waals surface area contributed by atoms with Gasteiger partial charge in [-0.1, -0.05) is 18.2 Å². The minimum Gasteiger partial charge on any atom is -0.389 e. The minimum absolute atomic E-state index is 0.0370. The van der Waals surface area contributed by atoms with E-state index >= 15 is 0 Å². The third-order valence-corrected chi connectivity index (χ3v) is 2.74. The molecule has 0 aromatic rings. The van der Waals surface area contributed by atoms with E-state index in [4.69, 9.17) is 0 Å². The van der Waals surface area contributed by atoms with Crippen LogP contribution >= 0.6 is 0 Å². The first-order valence-electron chi connectivity index (χ1n) is 4.34. The van der Waals surface area contributed by atoms with E-state index in [1.165, 1.54) is 6.08 Å². The molecule has 0 saturated heterocycles. The van der Waals surface area contributed by atoms with Crippen LogP contribution in [0.3, 0.4) is 0 Å². The summed E-state index contributed by atoms with van der Waals surface area (Å²) in [5.41, 5.74) is 0. The molecule has 2 heteroatoms. The van der Waals surface area contributed by atoms with Gasteiger partial charge in [-0.25, -0.2) is 0 Å². The highest BCUT2D eigenvalue weighted by atomic mass is 16.3. The van der Waals surface area contributed by atoms with E-state index in [0.717, 1.165) is 12.8 Å². The predicted octanol–water partition coefficient (Wildman–Crippen LogP) is 1.07. The standard InChI is InChI=1S/C10H12O2/c11-9-5-6-10(12)8-4-2-1-3-7(8)9/h1-2,5-9,11H,3-4H2/t7?,8?,9-/m0/s1. The molecule has 0 amide bonds. The average Bonchev–Trinajstić information content (AvgIpc) is 2.12. The number of aliphatic hydroxyl groups is 1. The molecule has 2 rings (SSSR count). The van der Waals surface area contributed by atoms with Crippen molar-refractivity contribution < 1.29 is 9.90 Å². The molecule has 0 spiro atoms. The van der Waals surface area contributed by atoms with Crippen LogP contribution in [0.15, 0.2) is 24.3 Å². The van der Waals surface area contributed by atoms with Gasteiger partial charge in [-0.15, -0.1) is 0 Å². The Morgan fingerprint density at radius 3 is 2.83 bits per heavy atom. The molecular formula is C10H12O2. The Kier molecular flexibility index (Phi) is 1.85. The van der Waals surface area contributed by atoms with Crippen molar-refractivity contribution in [1.29, 1.82) is 0 Å². The number of hydrogen-bond donors (Lipinski definition) is 1. The first kappa shape index (κ1) is 7.74. The maximum absolute atomic E-state index is 11.3. The molecule has 12 heavy (non-hydrogen) atoms. The van der Waals surface area contributed by atoms with Crippen molar-refractivity contribution in [2.75, 3.05) is 0 Å². The zero-order valence-electron chi connectivity index (χ0n) is 6.81. The highest BCUT2D eigenvalue weighted by molar-refractivity contribution is 5.93. The largest absolute Gasteiger partial charge is 0.389 e. The van der Waals surface area contributed by atoms with Crippen LogP contribution in [0, 0.1) is 11.8 Å². The number of carbonyl (C=O) groups is 1. The molecule has 0 aromatic heterocycles. The summed E-state index contributed by atoms with van der Waals surface area (Å²) >= 11 is 0. The monoisotopic (exact) mass is 164 g/mol. The fraction of sp³-hybridized carbons (Fsp3) is 0.500. The van der Waals surface area contributed by atoms with E-state index < -0.39 is 6.10 Å². The summed E-state index contributed by atoms with van der Waals surface area (Å²) in [6.07, 6.45) is 8.43. The van der Waals surface area contributed by atoms with E-state index in [-0.39, 0.29) is 17.6 Å². The smallest absolute Gasteiger partial charge is 0.159 e. The van der Waals surface area contributed by atoms with Gasteiger partial charge in [0.15, 0.2) is 5.78 Å². The van der Waals surface area contributed by atoms with E-state index in [9.17, 15) is 9.90 Å². The third kappa shape index (κ3) is 1.12. The van der Waals surface area contributed by atoms with Gasteiger partial charge in [0.05, 0.1) is 6.10 Å². The van der Waals surface area contributed by atoms with Crippen LogP contribution in [0.25, 0.3) is 0 Å². The predicted molar refractivity (Wildman–Crippen MR) is 45.5 cm³/mol. The van der Waals surface area contributed by atoms with Gasteiger partial charge >= 0.3 is 0 Å². The molecule has 2 unspecified atom stereocenters. The van der Waals surface area contributed by atoms with Crippen molar-refractivity contribution in [3.63, 3.8) is 0 Å². The summed E-state index contributed by atoms with van der Waals surface area (Å²) < 4.78 is 0. The van der Waals surface area contributed by atoms with Gasteiger partial charge in [0, 0.05) is 11.8 Å². The van der Waals surface area contributed by atoms with Gasteiger partial charge in [-0.2, -0.15) is 0 Å². The summed E-state index contributed by atoms with van der Waals surface area (Å²) in [5, 5.41) is 9.55. The zero-order valence-corrected chi connectivity index (χ0v) is 6.81. The van der Waals surface area contributed by atoms with Crippen molar-refractivity contribution in [3.05, 3.63) is 24.3 Å². The number of ketones is 1. The zero-order chi connectivity index (χ0) is 8.55. The second-order valence-electron chi connectivity index (χ2n) is 3.47. The number of fused-ring (bicyclic) bond motifs is 1. The maximum Gasteiger partial charge on any atom is 0.159 e. The Morgan fingerprint density at radius 1 is 1.33 bits per heavy atom. The number of hydrogen-bond acceptors (Lipinski definition) is 2. The van der Waals surface area contributed by atoms with Gasteiger partial charge < -0.3 is 5.11 Å². The van der Waals surface area contributed by atoms with Crippen LogP contribution in [0.5, 0.6) is 0 Å². The summed E-state index contributed by atoms with van der Waals surface area (Å²) in [6, 6.07) is 0. The SMILES string of the molecule is O=C1C=C[C@H](O)C2CC=CCC12. The Labute approximate surface area is 71.6 Å². The molecule has 2 aliphatic carbocycles. The van der Waals surface area contributed by atoms with Gasteiger partial charge in [0.2, 0.25) is 0 Å². The van der Waals surface area contributed by atoms with Crippen molar-refractivity contribution in [2.45, 2.75) is 18.9 Å². The molecule has 2 nitrogen and oxygen atoms in total. The molecule has 1 N–H and O–H groups in total. The lowest BCUT2D eigenvalue weighted by molar-refractivity contribution is -0.122. The molecule has 0 saturated carbocycles. The summed E-state index contributed by atoms with van der Waals surface area (Å²) in [7, 11) is 0. The molecule has 3 atom stereocenters. The van der Waals surface area contributed by atoms with Crippen LogP contribution in [0.2, 0.25) is 0 Å². The third-order valence-electron chi connectivity index (χ3n) is 2.74. The van der Waals surface area contributed by atoms with Crippen LogP contribution in [0.1, 0.15) is 12.8 Å². The quantitative estimate of drug-likeness (QED) is 0.544. The Balaban J connectivity index is 2.26. The molecule has 2 aliphatic rings. The first-order valence-corrected chi connectivity index (χ1v) is 4.34. The fourth-order valence-corrected chi connectivity index (χ4v) is 2.00. The second-order valence-corrected chi connectivity index (χ2v) is 3.47. The Morgan fingerprint density at radius 2 is 2.08 bits per heavy atom. The molecule has 0 fully saturated rings. The van der Waals surface area contributed by atoms with Crippen LogP contribution in [-0.4, -0.2) is 17.0 Å². The Hall–Kier alpha value is -0.890. The van der Waals surface area contributed by atoms with Gasteiger partial charge in [0.1, 0.15) is 0 Å². The maximum atomic E-state index is 11.3. The normalized spacial score (nSPS) is 39.8. The molecular weight excluding hydrogens is 152 g/mol. The molecule has 0 radical (unpaired) electrons. The van der Waals surface area contributed by atoms with Gasteiger partial charge in [-0.3, -0.25) is 4.79 Å². The number of rotatable bonds is 0. The lowest BCUT2D eigenvalue weighted by Gasteiger charge is -2.31. The molecule has 0 heterocycles. The summed E-state index contributed by atoms with van der Waals surface area (Å²) in [4.78, 5) is 11.3. The van der Waals surface area contributed by atoms with E-state index in [0.29, 0.717) is 0 Å². The topological polar surface area (TPSA) is 37.3 Å². The Bertz CT molecular complexity index is 253. The number of aliphatic hydroxyl groups excluding tert-OH is 1. The average molecular weight is 164 g/mol. The van der Waals surface area contributed by atoms with Gasteiger partial charge in [-0.05, 0) is 18.9 Å². The lowest BCUT2D eigenvalue weighted by atomic mass is 9.74. The molecule has 0 bridgehead atoms. The van der Waals surface area contributed by atoms with Crippen LogP contribution in [0.4, 0.5) is 0 Å². The summed E-state index contributed by atoms with van der Waals surface area (Å²) in [6.45, 7) is 0. The van der Waals surface area contributed by atoms with Crippen molar-refractivity contribution in [3.8, 4) is 0 Å². The highest BCUT2D eigenvalue weighted by Crippen LogP contribution is 2.32. The molecule has 0 aromatic carbocycles. The van der Waals surface area contributed by atoms with E-state index in [1.807, 2.05) is 6.08 Å².